The summed E-state index contributed by atoms with van der Waals surface area (Å²) in [5.41, 5.74) is 5.45. The summed E-state index contributed by atoms with van der Waals surface area (Å²) in [5.74, 6) is -0.656. The number of alkyl halides is 3. The standard InChI is InChI=1S/C13H16F3NO2/c1-12(2,17)7-6-11(18)9-4-3-5-10(8-9)19-13(14,15)16/h3-5,8H,6-7,17H2,1-2H3. The number of carbonyl (C=O) groups is 1. The Morgan fingerprint density at radius 3 is 2.47 bits per heavy atom. The number of ketones is 1. The van der Waals surface area contributed by atoms with Crippen molar-refractivity contribution in [2.45, 2.75) is 38.6 Å². The van der Waals surface area contributed by atoms with E-state index in [2.05, 4.69) is 4.74 Å². The predicted molar refractivity (Wildman–Crippen MR) is 65.0 cm³/mol. The lowest BCUT2D eigenvalue weighted by Crippen LogP contribution is -2.32. The van der Waals surface area contributed by atoms with Gasteiger partial charge in [-0.2, -0.15) is 0 Å². The van der Waals surface area contributed by atoms with Crippen molar-refractivity contribution in [2.75, 3.05) is 0 Å². The molecule has 1 aromatic carbocycles. The number of hydrogen-bond donors (Lipinski definition) is 1. The van der Waals surface area contributed by atoms with Gasteiger partial charge in [0, 0.05) is 17.5 Å². The maximum atomic E-state index is 12.1. The monoisotopic (exact) mass is 275 g/mol. The average molecular weight is 275 g/mol. The molecule has 6 heteroatoms. The molecule has 3 nitrogen and oxygen atoms in total. The van der Waals surface area contributed by atoms with Gasteiger partial charge in [-0.25, -0.2) is 0 Å². The van der Waals surface area contributed by atoms with E-state index in [0.717, 1.165) is 12.1 Å². The molecule has 0 aliphatic carbocycles. The van der Waals surface area contributed by atoms with Crippen molar-refractivity contribution >= 4 is 5.78 Å². The molecule has 0 spiro atoms. The number of carbonyl (C=O) groups excluding carboxylic acids is 1. The van der Waals surface area contributed by atoms with Crippen LogP contribution in [0, 0.1) is 0 Å². The van der Waals surface area contributed by atoms with E-state index in [1.54, 1.807) is 13.8 Å². The highest BCUT2D eigenvalue weighted by Crippen LogP contribution is 2.24. The smallest absolute Gasteiger partial charge is 0.406 e. The Labute approximate surface area is 109 Å². The van der Waals surface area contributed by atoms with E-state index < -0.39 is 17.7 Å². The highest BCUT2D eigenvalue weighted by Gasteiger charge is 2.31. The summed E-state index contributed by atoms with van der Waals surface area (Å²) in [4.78, 5) is 11.8. The van der Waals surface area contributed by atoms with E-state index in [9.17, 15) is 18.0 Å². The van der Waals surface area contributed by atoms with Crippen LogP contribution in [-0.4, -0.2) is 17.7 Å². The molecule has 0 radical (unpaired) electrons. The number of halogens is 3. The van der Waals surface area contributed by atoms with Gasteiger partial charge < -0.3 is 10.5 Å². The Balaban J connectivity index is 2.73. The minimum Gasteiger partial charge on any atom is -0.406 e. The molecule has 19 heavy (non-hydrogen) atoms. The summed E-state index contributed by atoms with van der Waals surface area (Å²) in [7, 11) is 0. The summed E-state index contributed by atoms with van der Waals surface area (Å²) in [6.07, 6.45) is -4.13. The maximum Gasteiger partial charge on any atom is 0.573 e. The van der Waals surface area contributed by atoms with Gasteiger partial charge in [0.1, 0.15) is 5.75 Å². The van der Waals surface area contributed by atoms with Gasteiger partial charge in [0.05, 0.1) is 0 Å². The molecule has 106 valence electrons. The second kappa shape index (κ2) is 5.61. The fourth-order valence-corrected chi connectivity index (χ4v) is 1.45. The number of Topliss-reactive ketones (excluding diaryl/α,β-unsaturated/α-hetero) is 1. The van der Waals surface area contributed by atoms with Crippen molar-refractivity contribution in [3.05, 3.63) is 29.8 Å². The van der Waals surface area contributed by atoms with Crippen LogP contribution in [0.1, 0.15) is 37.0 Å². The summed E-state index contributed by atoms with van der Waals surface area (Å²) in [6, 6.07) is 5.04. The minimum absolute atomic E-state index is 0.180. The lowest BCUT2D eigenvalue weighted by molar-refractivity contribution is -0.274. The molecule has 0 amide bonds. The zero-order chi connectivity index (χ0) is 14.7. The SMILES string of the molecule is CC(C)(N)CCC(=O)c1cccc(OC(F)(F)F)c1. The summed E-state index contributed by atoms with van der Waals surface area (Å²) in [6.45, 7) is 3.56. The quantitative estimate of drug-likeness (QED) is 0.839. The zero-order valence-electron chi connectivity index (χ0n) is 10.8. The summed E-state index contributed by atoms with van der Waals surface area (Å²) in [5, 5.41) is 0. The van der Waals surface area contributed by atoms with E-state index in [4.69, 9.17) is 5.73 Å². The largest absolute Gasteiger partial charge is 0.573 e. The van der Waals surface area contributed by atoms with Crippen molar-refractivity contribution in [3.63, 3.8) is 0 Å². The number of ether oxygens (including phenoxy) is 1. The lowest BCUT2D eigenvalue weighted by Gasteiger charge is -2.17. The van der Waals surface area contributed by atoms with E-state index in [0.29, 0.717) is 6.42 Å². The first kappa shape index (κ1) is 15.5. The molecule has 1 rings (SSSR count). The van der Waals surface area contributed by atoms with Gasteiger partial charge in [0.2, 0.25) is 0 Å². The molecule has 0 atom stereocenters. The fraction of sp³-hybridized carbons (Fsp3) is 0.462. The van der Waals surface area contributed by atoms with Crippen molar-refractivity contribution in [3.8, 4) is 5.75 Å². The molecule has 0 heterocycles. The van der Waals surface area contributed by atoms with Crippen molar-refractivity contribution < 1.29 is 22.7 Å². The van der Waals surface area contributed by atoms with Gasteiger partial charge in [0.25, 0.3) is 0 Å². The van der Waals surface area contributed by atoms with E-state index >= 15 is 0 Å². The van der Waals surface area contributed by atoms with Gasteiger partial charge in [-0.3, -0.25) is 4.79 Å². The Kier molecular flexibility index (Phi) is 4.57. The van der Waals surface area contributed by atoms with Gasteiger partial charge >= 0.3 is 6.36 Å². The summed E-state index contributed by atoms with van der Waals surface area (Å²) < 4.78 is 39.9. The van der Waals surface area contributed by atoms with Crippen LogP contribution in [-0.2, 0) is 0 Å². The van der Waals surface area contributed by atoms with E-state index in [1.165, 1.54) is 12.1 Å². The molecular weight excluding hydrogens is 259 g/mol. The van der Waals surface area contributed by atoms with E-state index in [-0.39, 0.29) is 17.8 Å². The molecule has 0 fully saturated rings. The first-order valence-corrected chi connectivity index (χ1v) is 5.75. The first-order chi connectivity index (χ1) is 8.57. The van der Waals surface area contributed by atoms with Gasteiger partial charge in [-0.15, -0.1) is 13.2 Å². The molecule has 0 aliphatic heterocycles. The first-order valence-electron chi connectivity index (χ1n) is 5.75. The second-order valence-corrected chi connectivity index (χ2v) is 4.99. The number of nitrogens with two attached hydrogens (primary N) is 1. The predicted octanol–water partition coefficient (Wildman–Crippen LogP) is 3.29. The molecule has 0 aromatic heterocycles. The highest BCUT2D eigenvalue weighted by molar-refractivity contribution is 5.96. The van der Waals surface area contributed by atoms with Crippen molar-refractivity contribution in [2.24, 2.45) is 5.73 Å². The van der Waals surface area contributed by atoms with Crippen LogP contribution in [0.2, 0.25) is 0 Å². The molecule has 0 saturated carbocycles. The van der Waals surface area contributed by atoms with Crippen molar-refractivity contribution in [1.29, 1.82) is 0 Å². The highest BCUT2D eigenvalue weighted by atomic mass is 19.4. The maximum absolute atomic E-state index is 12.1. The lowest BCUT2D eigenvalue weighted by atomic mass is 9.96. The van der Waals surface area contributed by atoms with Crippen LogP contribution in [0.5, 0.6) is 5.75 Å². The van der Waals surface area contributed by atoms with E-state index in [1.807, 2.05) is 0 Å². The Morgan fingerprint density at radius 2 is 1.95 bits per heavy atom. The Bertz CT molecular complexity index is 450. The minimum atomic E-state index is -4.76. The summed E-state index contributed by atoms with van der Waals surface area (Å²) >= 11 is 0. The van der Waals surface area contributed by atoms with Gasteiger partial charge in [-0.05, 0) is 32.4 Å². The zero-order valence-corrected chi connectivity index (χ0v) is 10.8. The van der Waals surface area contributed by atoms with Gasteiger partial charge in [0.15, 0.2) is 5.78 Å². The molecule has 2 N–H and O–H groups in total. The molecular formula is C13H16F3NO2. The van der Waals surface area contributed by atoms with Crippen LogP contribution in [0.15, 0.2) is 24.3 Å². The Morgan fingerprint density at radius 1 is 1.32 bits per heavy atom. The average Bonchev–Trinajstić information content (AvgIpc) is 2.23. The molecule has 1 aromatic rings. The Hall–Kier alpha value is -1.56. The van der Waals surface area contributed by atoms with Crippen LogP contribution in [0.25, 0.3) is 0 Å². The molecule has 0 unspecified atom stereocenters. The number of hydrogen-bond acceptors (Lipinski definition) is 3. The molecule has 0 bridgehead atoms. The van der Waals surface area contributed by atoms with Crippen LogP contribution >= 0.6 is 0 Å². The third kappa shape index (κ3) is 6.24. The molecule has 0 saturated heterocycles. The number of benzene rings is 1. The van der Waals surface area contributed by atoms with Crippen molar-refractivity contribution in [1.82, 2.24) is 0 Å². The van der Waals surface area contributed by atoms with Crippen LogP contribution in [0.3, 0.4) is 0 Å². The number of rotatable bonds is 5. The topological polar surface area (TPSA) is 52.3 Å². The second-order valence-electron chi connectivity index (χ2n) is 4.99. The fourth-order valence-electron chi connectivity index (χ4n) is 1.45. The third-order valence-corrected chi connectivity index (χ3v) is 2.39. The van der Waals surface area contributed by atoms with Crippen LogP contribution in [0.4, 0.5) is 13.2 Å². The van der Waals surface area contributed by atoms with Crippen LogP contribution < -0.4 is 10.5 Å². The van der Waals surface area contributed by atoms with Gasteiger partial charge in [-0.1, -0.05) is 12.1 Å². The normalized spacial score (nSPS) is 12.3. The molecule has 0 aliphatic rings. The third-order valence-electron chi connectivity index (χ3n) is 2.39.